The molecule has 1 N–H and O–H groups in total. The molecule has 0 amide bonds. The predicted octanol–water partition coefficient (Wildman–Crippen LogP) is 4.63. The normalized spacial score (nSPS) is 10.9. The van der Waals surface area contributed by atoms with Crippen molar-refractivity contribution in [2.24, 2.45) is 0 Å². The zero-order valence-electron chi connectivity index (χ0n) is 8.87. The molecule has 0 fully saturated rings. The lowest BCUT2D eigenvalue weighted by Gasteiger charge is -1.97. The van der Waals surface area contributed by atoms with Crippen molar-refractivity contribution < 1.29 is 4.39 Å². The number of aromatic amines is 1. The van der Waals surface area contributed by atoms with Gasteiger partial charge in [-0.3, -0.25) is 0 Å². The maximum absolute atomic E-state index is 13.1. The van der Waals surface area contributed by atoms with Gasteiger partial charge in [0, 0.05) is 21.6 Å². The lowest BCUT2D eigenvalue weighted by molar-refractivity contribution is 0.629. The SMILES string of the molecule is Fc1ccc2cc(-c3cccc(Cl)c3)[nH]c2c1. The van der Waals surface area contributed by atoms with Crippen molar-refractivity contribution in [1.29, 1.82) is 0 Å². The number of hydrogen-bond donors (Lipinski definition) is 1. The maximum atomic E-state index is 13.1. The Kier molecular flexibility index (Phi) is 2.37. The molecule has 0 aliphatic heterocycles. The summed E-state index contributed by atoms with van der Waals surface area (Å²) >= 11 is 5.94. The second kappa shape index (κ2) is 3.90. The van der Waals surface area contributed by atoms with Gasteiger partial charge >= 0.3 is 0 Å². The van der Waals surface area contributed by atoms with E-state index >= 15 is 0 Å². The molecule has 0 bridgehead atoms. The first-order valence-electron chi connectivity index (χ1n) is 5.26. The van der Waals surface area contributed by atoms with Gasteiger partial charge < -0.3 is 4.98 Å². The molecule has 0 spiro atoms. The summed E-state index contributed by atoms with van der Waals surface area (Å²) in [6.45, 7) is 0. The van der Waals surface area contributed by atoms with Crippen LogP contribution in [0.25, 0.3) is 22.2 Å². The molecule has 0 atom stereocenters. The van der Waals surface area contributed by atoms with E-state index in [1.165, 1.54) is 12.1 Å². The van der Waals surface area contributed by atoms with Crippen LogP contribution in [0, 0.1) is 5.82 Å². The molecule has 0 aliphatic carbocycles. The van der Waals surface area contributed by atoms with Gasteiger partial charge in [0.15, 0.2) is 0 Å². The molecule has 17 heavy (non-hydrogen) atoms. The van der Waals surface area contributed by atoms with Crippen molar-refractivity contribution in [3.05, 3.63) is 59.4 Å². The summed E-state index contributed by atoms with van der Waals surface area (Å²) in [5.74, 6) is -0.239. The van der Waals surface area contributed by atoms with Crippen molar-refractivity contribution in [3.8, 4) is 11.3 Å². The van der Waals surface area contributed by atoms with Gasteiger partial charge in [0.25, 0.3) is 0 Å². The zero-order chi connectivity index (χ0) is 11.8. The highest BCUT2D eigenvalue weighted by atomic mass is 35.5. The van der Waals surface area contributed by atoms with Crippen molar-refractivity contribution >= 4 is 22.5 Å². The van der Waals surface area contributed by atoms with Gasteiger partial charge in [-0.05, 0) is 42.0 Å². The quantitative estimate of drug-likeness (QED) is 0.644. The minimum absolute atomic E-state index is 0.239. The Balaban J connectivity index is 2.18. The average Bonchev–Trinajstić information content (AvgIpc) is 2.72. The smallest absolute Gasteiger partial charge is 0.125 e. The van der Waals surface area contributed by atoms with Gasteiger partial charge in [-0.25, -0.2) is 4.39 Å². The molecule has 0 saturated carbocycles. The molecule has 2 aromatic carbocycles. The van der Waals surface area contributed by atoms with Crippen LogP contribution in [0.5, 0.6) is 0 Å². The number of benzene rings is 2. The number of halogens is 2. The second-order valence-corrected chi connectivity index (χ2v) is 4.36. The third-order valence-corrected chi connectivity index (χ3v) is 2.96. The minimum Gasteiger partial charge on any atom is -0.354 e. The largest absolute Gasteiger partial charge is 0.354 e. The second-order valence-electron chi connectivity index (χ2n) is 3.92. The Morgan fingerprint density at radius 1 is 1.00 bits per heavy atom. The maximum Gasteiger partial charge on any atom is 0.125 e. The van der Waals surface area contributed by atoms with Crippen LogP contribution >= 0.6 is 11.6 Å². The monoisotopic (exact) mass is 245 g/mol. The molecule has 0 saturated heterocycles. The summed E-state index contributed by atoms with van der Waals surface area (Å²) in [7, 11) is 0. The van der Waals surface area contributed by atoms with E-state index in [1.54, 1.807) is 6.07 Å². The third kappa shape index (κ3) is 1.92. The van der Waals surface area contributed by atoms with Crippen LogP contribution in [0.15, 0.2) is 48.5 Å². The van der Waals surface area contributed by atoms with Gasteiger partial charge in [0.2, 0.25) is 0 Å². The molecule has 0 aliphatic rings. The van der Waals surface area contributed by atoms with Crippen molar-refractivity contribution in [2.75, 3.05) is 0 Å². The number of aromatic nitrogens is 1. The number of rotatable bonds is 1. The van der Waals surface area contributed by atoms with Gasteiger partial charge in [-0.15, -0.1) is 0 Å². The summed E-state index contributed by atoms with van der Waals surface area (Å²) in [4.78, 5) is 3.18. The molecule has 1 heterocycles. The van der Waals surface area contributed by atoms with Gasteiger partial charge in [-0.1, -0.05) is 23.7 Å². The first kappa shape index (κ1) is 10.4. The molecule has 0 unspecified atom stereocenters. The third-order valence-electron chi connectivity index (χ3n) is 2.72. The fourth-order valence-corrected chi connectivity index (χ4v) is 2.10. The van der Waals surface area contributed by atoms with Crippen LogP contribution in [0.3, 0.4) is 0 Å². The number of hydrogen-bond acceptors (Lipinski definition) is 0. The highest BCUT2D eigenvalue weighted by molar-refractivity contribution is 6.30. The number of H-pyrrole nitrogens is 1. The first-order valence-corrected chi connectivity index (χ1v) is 5.64. The van der Waals surface area contributed by atoms with Gasteiger partial charge in [-0.2, -0.15) is 0 Å². The van der Waals surface area contributed by atoms with Gasteiger partial charge in [0.05, 0.1) is 0 Å². The van der Waals surface area contributed by atoms with E-state index in [0.717, 1.165) is 22.2 Å². The Bertz CT molecular complexity index is 688. The first-order chi connectivity index (χ1) is 8.22. The molecular weight excluding hydrogens is 237 g/mol. The average molecular weight is 246 g/mol. The topological polar surface area (TPSA) is 15.8 Å². The molecule has 3 aromatic rings. The van der Waals surface area contributed by atoms with E-state index in [0.29, 0.717) is 5.02 Å². The predicted molar refractivity (Wildman–Crippen MR) is 68.7 cm³/mol. The molecule has 1 aromatic heterocycles. The molecule has 3 rings (SSSR count). The number of fused-ring (bicyclic) bond motifs is 1. The summed E-state index contributed by atoms with van der Waals surface area (Å²) in [6, 6.07) is 14.3. The zero-order valence-corrected chi connectivity index (χ0v) is 9.63. The Labute approximate surface area is 103 Å². The lowest BCUT2D eigenvalue weighted by Crippen LogP contribution is -1.76. The standard InChI is InChI=1S/C14H9ClFN/c15-11-3-1-2-9(6-11)13-7-10-4-5-12(16)8-14(10)17-13/h1-8,17H. The lowest BCUT2D eigenvalue weighted by atomic mass is 10.1. The summed E-state index contributed by atoms with van der Waals surface area (Å²) in [5.41, 5.74) is 2.72. The fourth-order valence-electron chi connectivity index (χ4n) is 1.91. The van der Waals surface area contributed by atoms with Crippen molar-refractivity contribution in [3.63, 3.8) is 0 Å². The molecule has 1 nitrogen and oxygen atoms in total. The Hall–Kier alpha value is -1.80. The van der Waals surface area contributed by atoms with Crippen LogP contribution in [0.4, 0.5) is 4.39 Å². The van der Waals surface area contributed by atoms with E-state index in [1.807, 2.05) is 30.3 Å². The molecule has 0 radical (unpaired) electrons. The van der Waals surface area contributed by atoms with Crippen LogP contribution in [0.1, 0.15) is 0 Å². The van der Waals surface area contributed by atoms with E-state index in [2.05, 4.69) is 4.98 Å². The summed E-state index contributed by atoms with van der Waals surface area (Å²) < 4.78 is 13.1. The van der Waals surface area contributed by atoms with E-state index in [4.69, 9.17) is 11.6 Å². The van der Waals surface area contributed by atoms with Crippen molar-refractivity contribution in [1.82, 2.24) is 4.98 Å². The Morgan fingerprint density at radius 2 is 1.88 bits per heavy atom. The number of nitrogens with one attached hydrogen (secondary N) is 1. The highest BCUT2D eigenvalue weighted by Gasteiger charge is 2.04. The van der Waals surface area contributed by atoms with E-state index in [-0.39, 0.29) is 5.82 Å². The van der Waals surface area contributed by atoms with Crippen LogP contribution in [0.2, 0.25) is 5.02 Å². The summed E-state index contributed by atoms with van der Waals surface area (Å²) in [5, 5.41) is 1.67. The minimum atomic E-state index is -0.239. The van der Waals surface area contributed by atoms with Gasteiger partial charge in [0.1, 0.15) is 5.82 Å². The van der Waals surface area contributed by atoms with E-state index < -0.39 is 0 Å². The molecular formula is C14H9ClFN. The summed E-state index contributed by atoms with van der Waals surface area (Å²) in [6.07, 6.45) is 0. The van der Waals surface area contributed by atoms with Crippen molar-refractivity contribution in [2.45, 2.75) is 0 Å². The van der Waals surface area contributed by atoms with Crippen LogP contribution in [-0.2, 0) is 0 Å². The fraction of sp³-hybridized carbons (Fsp3) is 0. The molecule has 3 heteroatoms. The van der Waals surface area contributed by atoms with E-state index in [9.17, 15) is 4.39 Å². The molecule has 84 valence electrons. The van der Waals surface area contributed by atoms with Crippen LogP contribution < -0.4 is 0 Å². The highest BCUT2D eigenvalue weighted by Crippen LogP contribution is 2.26. The Morgan fingerprint density at radius 3 is 2.71 bits per heavy atom. The van der Waals surface area contributed by atoms with Crippen LogP contribution in [-0.4, -0.2) is 4.98 Å².